The highest BCUT2D eigenvalue weighted by molar-refractivity contribution is 5.45. The Morgan fingerprint density at radius 1 is 1.18 bits per heavy atom. The van der Waals surface area contributed by atoms with Crippen molar-refractivity contribution in [2.75, 3.05) is 11.9 Å². The van der Waals surface area contributed by atoms with E-state index in [9.17, 15) is 4.39 Å². The largest absolute Gasteiger partial charge is 0.385 e. The van der Waals surface area contributed by atoms with E-state index < -0.39 is 0 Å². The van der Waals surface area contributed by atoms with Crippen LogP contribution in [0, 0.1) is 12.7 Å². The van der Waals surface area contributed by atoms with Gasteiger partial charge >= 0.3 is 0 Å². The van der Waals surface area contributed by atoms with Crippen molar-refractivity contribution in [3.63, 3.8) is 0 Å². The lowest BCUT2D eigenvalue weighted by molar-refractivity contribution is 0.619. The molecule has 17 heavy (non-hydrogen) atoms. The monoisotopic (exact) mass is 230 g/mol. The van der Waals surface area contributed by atoms with Crippen LogP contribution in [0.3, 0.4) is 0 Å². The molecule has 2 nitrogen and oxygen atoms in total. The summed E-state index contributed by atoms with van der Waals surface area (Å²) in [5.41, 5.74) is 2.71. The molecule has 3 heteroatoms. The number of pyridine rings is 1. The van der Waals surface area contributed by atoms with E-state index in [1.54, 1.807) is 25.4 Å². The second-order valence-corrected chi connectivity index (χ2v) is 4.00. The molecule has 0 aliphatic rings. The van der Waals surface area contributed by atoms with Crippen molar-refractivity contribution >= 4 is 5.69 Å². The van der Waals surface area contributed by atoms with Crippen molar-refractivity contribution < 1.29 is 4.39 Å². The molecule has 0 saturated carbocycles. The lowest BCUT2D eigenvalue weighted by atomic mass is 10.2. The molecule has 1 aromatic heterocycles. The summed E-state index contributed by atoms with van der Waals surface area (Å²) < 4.78 is 13.3. The van der Waals surface area contributed by atoms with Gasteiger partial charge in [0.15, 0.2) is 0 Å². The van der Waals surface area contributed by atoms with Gasteiger partial charge in [0.1, 0.15) is 5.82 Å². The number of hydrogen-bond donors (Lipinski definition) is 1. The minimum Gasteiger partial charge on any atom is -0.385 e. The third kappa shape index (κ3) is 3.28. The van der Waals surface area contributed by atoms with E-state index in [0.717, 1.165) is 18.7 Å². The molecule has 0 unspecified atom stereocenters. The van der Waals surface area contributed by atoms with E-state index in [2.05, 4.69) is 10.3 Å². The molecule has 1 N–H and O–H groups in total. The summed E-state index contributed by atoms with van der Waals surface area (Å²) in [6.07, 6.45) is 4.46. The molecule has 0 radical (unpaired) electrons. The predicted octanol–water partition coefficient (Wildman–Crippen LogP) is 3.18. The zero-order chi connectivity index (χ0) is 12.1. The van der Waals surface area contributed by atoms with Crippen LogP contribution < -0.4 is 5.32 Å². The van der Waals surface area contributed by atoms with Crippen LogP contribution in [-0.2, 0) is 6.42 Å². The third-order valence-corrected chi connectivity index (χ3v) is 2.66. The fourth-order valence-corrected chi connectivity index (χ4v) is 1.60. The Bertz CT molecular complexity index is 483. The first-order chi connectivity index (χ1) is 8.25. The number of rotatable bonds is 4. The maximum Gasteiger partial charge on any atom is 0.128 e. The number of anilines is 1. The third-order valence-electron chi connectivity index (χ3n) is 2.66. The molecule has 0 bridgehead atoms. The Morgan fingerprint density at radius 2 is 1.94 bits per heavy atom. The number of benzene rings is 1. The zero-order valence-electron chi connectivity index (χ0n) is 9.78. The van der Waals surface area contributed by atoms with Crippen molar-refractivity contribution in [3.05, 3.63) is 59.7 Å². The number of halogens is 1. The molecule has 2 rings (SSSR count). The first-order valence-electron chi connectivity index (χ1n) is 5.64. The van der Waals surface area contributed by atoms with Gasteiger partial charge in [-0.15, -0.1) is 0 Å². The topological polar surface area (TPSA) is 24.9 Å². The van der Waals surface area contributed by atoms with E-state index in [1.165, 1.54) is 11.6 Å². The number of aryl methyl sites for hydroxylation is 1. The molecule has 0 atom stereocenters. The molecule has 88 valence electrons. The van der Waals surface area contributed by atoms with E-state index in [-0.39, 0.29) is 5.82 Å². The van der Waals surface area contributed by atoms with Crippen LogP contribution in [0.5, 0.6) is 0 Å². The quantitative estimate of drug-likeness (QED) is 0.872. The summed E-state index contributed by atoms with van der Waals surface area (Å²) >= 11 is 0. The van der Waals surface area contributed by atoms with Gasteiger partial charge in [-0.2, -0.15) is 0 Å². The van der Waals surface area contributed by atoms with Gasteiger partial charge in [0.25, 0.3) is 0 Å². The molecule has 0 amide bonds. The van der Waals surface area contributed by atoms with E-state index in [1.807, 2.05) is 18.2 Å². The van der Waals surface area contributed by atoms with Gasteiger partial charge in [-0.1, -0.05) is 6.07 Å². The molecular formula is C14H15FN2. The summed E-state index contributed by atoms with van der Waals surface area (Å²) in [4.78, 5) is 3.96. The molecule has 2 aromatic rings. The number of nitrogens with one attached hydrogen (secondary N) is 1. The van der Waals surface area contributed by atoms with E-state index >= 15 is 0 Å². The second kappa shape index (κ2) is 5.43. The van der Waals surface area contributed by atoms with Crippen molar-refractivity contribution in [1.82, 2.24) is 4.98 Å². The average Bonchev–Trinajstić information content (AvgIpc) is 2.35. The second-order valence-electron chi connectivity index (χ2n) is 4.00. The average molecular weight is 230 g/mol. The minimum absolute atomic E-state index is 0.168. The minimum atomic E-state index is -0.168. The standard InChI is InChI=1S/C14H15FN2/c1-11-2-3-13(10-14(11)15)17-9-6-12-4-7-16-8-5-12/h2-5,7-8,10,17H,6,9H2,1H3. The molecule has 0 aliphatic heterocycles. The fourth-order valence-electron chi connectivity index (χ4n) is 1.60. The van der Waals surface area contributed by atoms with Crippen LogP contribution in [0.15, 0.2) is 42.7 Å². The van der Waals surface area contributed by atoms with Crippen molar-refractivity contribution in [2.45, 2.75) is 13.3 Å². The highest BCUT2D eigenvalue weighted by atomic mass is 19.1. The van der Waals surface area contributed by atoms with E-state index in [0.29, 0.717) is 5.56 Å². The Labute approximate surface area is 101 Å². The van der Waals surface area contributed by atoms with Crippen LogP contribution in [0.2, 0.25) is 0 Å². The Balaban J connectivity index is 1.88. The first-order valence-corrected chi connectivity index (χ1v) is 5.64. The Kier molecular flexibility index (Phi) is 3.70. The van der Waals surface area contributed by atoms with Crippen molar-refractivity contribution in [3.8, 4) is 0 Å². The number of hydrogen-bond acceptors (Lipinski definition) is 2. The summed E-state index contributed by atoms with van der Waals surface area (Å²) in [5, 5.41) is 3.20. The van der Waals surface area contributed by atoms with Gasteiger partial charge in [0.05, 0.1) is 0 Å². The maximum absolute atomic E-state index is 13.3. The summed E-state index contributed by atoms with van der Waals surface area (Å²) in [7, 11) is 0. The summed E-state index contributed by atoms with van der Waals surface area (Å²) in [6.45, 7) is 2.54. The smallest absolute Gasteiger partial charge is 0.128 e. The van der Waals surface area contributed by atoms with Crippen LogP contribution >= 0.6 is 0 Å². The SMILES string of the molecule is Cc1ccc(NCCc2ccncc2)cc1F. The lowest BCUT2D eigenvalue weighted by Gasteiger charge is -2.07. The molecule has 1 aromatic carbocycles. The maximum atomic E-state index is 13.3. The Hall–Kier alpha value is -1.90. The predicted molar refractivity (Wildman–Crippen MR) is 67.6 cm³/mol. The van der Waals surface area contributed by atoms with Crippen LogP contribution in [0.25, 0.3) is 0 Å². The van der Waals surface area contributed by atoms with Gasteiger partial charge < -0.3 is 5.32 Å². The number of aromatic nitrogens is 1. The van der Waals surface area contributed by atoms with Gasteiger partial charge in [0.2, 0.25) is 0 Å². The molecule has 0 aliphatic carbocycles. The molecule has 0 fully saturated rings. The first kappa shape index (κ1) is 11.6. The van der Waals surface area contributed by atoms with Crippen LogP contribution in [0.1, 0.15) is 11.1 Å². The Morgan fingerprint density at radius 3 is 2.65 bits per heavy atom. The molecule has 0 saturated heterocycles. The highest BCUT2D eigenvalue weighted by Gasteiger charge is 1.98. The zero-order valence-corrected chi connectivity index (χ0v) is 9.78. The summed E-state index contributed by atoms with van der Waals surface area (Å²) in [6, 6.07) is 9.17. The van der Waals surface area contributed by atoms with Gasteiger partial charge in [-0.3, -0.25) is 4.98 Å². The molecular weight excluding hydrogens is 215 g/mol. The highest BCUT2D eigenvalue weighted by Crippen LogP contribution is 2.13. The van der Waals surface area contributed by atoms with Gasteiger partial charge in [-0.05, 0) is 48.7 Å². The summed E-state index contributed by atoms with van der Waals surface area (Å²) in [5.74, 6) is -0.168. The van der Waals surface area contributed by atoms with E-state index in [4.69, 9.17) is 0 Å². The van der Waals surface area contributed by atoms with Crippen LogP contribution in [-0.4, -0.2) is 11.5 Å². The van der Waals surface area contributed by atoms with Crippen molar-refractivity contribution in [1.29, 1.82) is 0 Å². The van der Waals surface area contributed by atoms with Gasteiger partial charge in [-0.25, -0.2) is 4.39 Å². The lowest BCUT2D eigenvalue weighted by Crippen LogP contribution is -2.05. The molecule has 1 heterocycles. The fraction of sp³-hybridized carbons (Fsp3) is 0.214. The molecule has 0 spiro atoms. The van der Waals surface area contributed by atoms with Crippen molar-refractivity contribution in [2.24, 2.45) is 0 Å². The van der Waals surface area contributed by atoms with Crippen LogP contribution in [0.4, 0.5) is 10.1 Å². The number of nitrogens with zero attached hydrogens (tertiary/aromatic N) is 1. The normalized spacial score (nSPS) is 10.2. The van der Waals surface area contributed by atoms with Gasteiger partial charge in [0, 0.05) is 24.6 Å².